The number of esters is 1. The van der Waals surface area contributed by atoms with Gasteiger partial charge in [0.05, 0.1) is 6.61 Å². The van der Waals surface area contributed by atoms with Crippen LogP contribution in [0.5, 0.6) is 0 Å². The highest BCUT2D eigenvalue weighted by Crippen LogP contribution is 2.20. The van der Waals surface area contributed by atoms with Gasteiger partial charge in [0.2, 0.25) is 0 Å². The van der Waals surface area contributed by atoms with Gasteiger partial charge in [-0.1, -0.05) is 259 Å². The first-order valence-electron chi connectivity index (χ1n) is 26.3. The van der Waals surface area contributed by atoms with E-state index in [9.17, 15) is 4.79 Å². The molecule has 0 aliphatic heterocycles. The van der Waals surface area contributed by atoms with Gasteiger partial charge in [-0.05, 0) is 32.6 Å². The molecule has 0 rings (SSSR count). The Bertz CT molecular complexity index is 644. The third-order valence-corrected chi connectivity index (χ3v) is 12.4. The quantitative estimate of drug-likeness (QED) is 0.0349. The number of ether oxygens (including phenoxy) is 1. The zero-order valence-electron chi connectivity index (χ0n) is 39.6. The lowest BCUT2D eigenvalue weighted by Crippen LogP contribution is -2.55. The fourth-order valence-electron chi connectivity index (χ4n) is 8.67. The molecule has 0 aromatic carbocycles. The van der Waals surface area contributed by atoms with Crippen molar-refractivity contribution >= 4 is 5.97 Å². The van der Waals surface area contributed by atoms with E-state index in [0.29, 0.717) is 6.61 Å². The molecule has 336 valence electrons. The number of carbonyl (C=O) groups excluding carboxylic acids is 1. The van der Waals surface area contributed by atoms with E-state index in [1.54, 1.807) is 0 Å². The minimum atomic E-state index is -0.218. The van der Waals surface area contributed by atoms with Crippen LogP contribution in [0.1, 0.15) is 291 Å². The van der Waals surface area contributed by atoms with Crippen molar-refractivity contribution in [1.82, 2.24) is 9.80 Å². The fraction of sp³-hybridized carbons (Fsp3) is 0.981. The van der Waals surface area contributed by atoms with Crippen LogP contribution in [0.4, 0.5) is 0 Å². The molecular weight excluding hydrogens is 685 g/mol. The maximum absolute atomic E-state index is 14.0. The SMILES string of the molecule is CCCCCCCCCCCCN(CCCCCCCCCCCC)C(C(=O)OCC)N(CCCCCCCCCCCC)CCCCCCCCCCCC. The summed E-state index contributed by atoms with van der Waals surface area (Å²) >= 11 is 0. The van der Waals surface area contributed by atoms with E-state index in [2.05, 4.69) is 37.5 Å². The Kier molecular flexibility index (Phi) is 46.6. The summed E-state index contributed by atoms with van der Waals surface area (Å²) in [5.41, 5.74) is 0. The van der Waals surface area contributed by atoms with E-state index < -0.39 is 0 Å². The molecule has 0 amide bonds. The zero-order valence-corrected chi connectivity index (χ0v) is 39.6. The number of rotatable bonds is 48. The van der Waals surface area contributed by atoms with Crippen LogP contribution in [0, 0.1) is 0 Å². The van der Waals surface area contributed by atoms with E-state index in [4.69, 9.17) is 4.74 Å². The summed E-state index contributed by atoms with van der Waals surface area (Å²) in [4.78, 5) is 19.2. The number of carbonyl (C=O) groups is 1. The summed E-state index contributed by atoms with van der Waals surface area (Å²) in [7, 11) is 0. The summed E-state index contributed by atoms with van der Waals surface area (Å²) in [5, 5.41) is 0. The third-order valence-electron chi connectivity index (χ3n) is 12.4. The van der Waals surface area contributed by atoms with Crippen LogP contribution >= 0.6 is 0 Å². The van der Waals surface area contributed by atoms with Crippen molar-refractivity contribution in [3.8, 4) is 0 Å². The van der Waals surface area contributed by atoms with Crippen LogP contribution in [0.25, 0.3) is 0 Å². The molecule has 4 nitrogen and oxygen atoms in total. The third kappa shape index (κ3) is 37.6. The van der Waals surface area contributed by atoms with Crippen molar-refractivity contribution in [3.05, 3.63) is 0 Å². The molecule has 0 atom stereocenters. The van der Waals surface area contributed by atoms with Gasteiger partial charge in [-0.15, -0.1) is 0 Å². The highest BCUT2D eigenvalue weighted by atomic mass is 16.5. The lowest BCUT2D eigenvalue weighted by atomic mass is 10.0. The molecule has 0 fully saturated rings. The molecule has 0 heterocycles. The molecule has 0 unspecified atom stereocenters. The average molecular weight is 791 g/mol. The number of unbranched alkanes of at least 4 members (excludes halogenated alkanes) is 36. The minimum Gasteiger partial charge on any atom is -0.464 e. The standard InChI is InChI=1S/C52H106N2O2/c1-6-11-15-19-23-27-31-35-39-43-47-53(48-44-40-36-32-28-24-20-16-12-7-2)51(52(55)56-10-5)54(49-45-41-37-33-29-25-21-17-13-8-3)50-46-42-38-34-30-26-22-18-14-9-4/h51H,6-50H2,1-5H3. The van der Waals surface area contributed by atoms with Crippen molar-refractivity contribution in [1.29, 1.82) is 0 Å². The second-order valence-corrected chi connectivity index (χ2v) is 17.9. The van der Waals surface area contributed by atoms with E-state index in [1.165, 1.54) is 257 Å². The van der Waals surface area contributed by atoms with E-state index in [-0.39, 0.29) is 12.1 Å². The number of hydrogen-bond donors (Lipinski definition) is 0. The van der Waals surface area contributed by atoms with Gasteiger partial charge in [0.25, 0.3) is 0 Å². The molecule has 0 N–H and O–H groups in total. The maximum Gasteiger partial charge on any atom is 0.338 e. The van der Waals surface area contributed by atoms with Crippen LogP contribution < -0.4 is 0 Å². The molecule has 0 bridgehead atoms. The Balaban J connectivity index is 5.47. The summed E-state index contributed by atoms with van der Waals surface area (Å²) in [6, 6.07) is 0. The largest absolute Gasteiger partial charge is 0.464 e. The van der Waals surface area contributed by atoms with Gasteiger partial charge in [0.15, 0.2) is 6.17 Å². The second kappa shape index (κ2) is 47.1. The molecule has 0 saturated carbocycles. The first-order chi connectivity index (χ1) is 27.7. The topological polar surface area (TPSA) is 32.8 Å². The number of hydrogen-bond acceptors (Lipinski definition) is 4. The zero-order chi connectivity index (χ0) is 40.8. The number of nitrogens with zero attached hydrogens (tertiary/aromatic N) is 2. The van der Waals surface area contributed by atoms with Gasteiger partial charge in [0.1, 0.15) is 0 Å². The maximum atomic E-state index is 14.0. The molecule has 0 aromatic heterocycles. The van der Waals surface area contributed by atoms with E-state index in [0.717, 1.165) is 26.2 Å². The first kappa shape index (κ1) is 55.4. The van der Waals surface area contributed by atoms with Gasteiger partial charge in [0, 0.05) is 26.2 Å². The summed E-state index contributed by atoms with van der Waals surface area (Å²) in [6.07, 6.45) is 54.0. The highest BCUT2D eigenvalue weighted by molar-refractivity contribution is 5.75. The molecular formula is C52H106N2O2. The van der Waals surface area contributed by atoms with Gasteiger partial charge < -0.3 is 4.74 Å². The predicted octanol–water partition coefficient (Wildman–Crippen LogP) is 17.2. The van der Waals surface area contributed by atoms with Gasteiger partial charge in [-0.2, -0.15) is 0 Å². The Morgan fingerprint density at radius 3 is 0.661 bits per heavy atom. The fourth-order valence-corrected chi connectivity index (χ4v) is 8.67. The summed E-state index contributed by atoms with van der Waals surface area (Å²) < 4.78 is 5.94. The van der Waals surface area contributed by atoms with Crippen molar-refractivity contribution < 1.29 is 9.53 Å². The molecule has 56 heavy (non-hydrogen) atoms. The molecule has 0 aliphatic carbocycles. The monoisotopic (exact) mass is 791 g/mol. The van der Waals surface area contributed by atoms with Crippen molar-refractivity contribution in [3.63, 3.8) is 0 Å². The van der Waals surface area contributed by atoms with Crippen molar-refractivity contribution in [2.24, 2.45) is 0 Å². The lowest BCUT2D eigenvalue weighted by Gasteiger charge is -2.38. The smallest absolute Gasteiger partial charge is 0.338 e. The lowest BCUT2D eigenvalue weighted by molar-refractivity contribution is -0.158. The van der Waals surface area contributed by atoms with Crippen LogP contribution in [-0.4, -0.2) is 54.7 Å². The highest BCUT2D eigenvalue weighted by Gasteiger charge is 2.32. The molecule has 0 spiro atoms. The molecule has 0 aliphatic rings. The van der Waals surface area contributed by atoms with Crippen LogP contribution in [0.15, 0.2) is 0 Å². The predicted molar refractivity (Wildman–Crippen MR) is 251 cm³/mol. The summed E-state index contributed by atoms with van der Waals surface area (Å²) in [5.74, 6) is 0.0193. The van der Waals surface area contributed by atoms with Gasteiger partial charge in [-0.3, -0.25) is 9.80 Å². The Morgan fingerprint density at radius 1 is 0.304 bits per heavy atom. The van der Waals surface area contributed by atoms with Crippen LogP contribution in [0.3, 0.4) is 0 Å². The molecule has 0 aromatic rings. The van der Waals surface area contributed by atoms with Crippen LogP contribution in [-0.2, 0) is 9.53 Å². The summed E-state index contributed by atoms with van der Waals surface area (Å²) in [6.45, 7) is 15.8. The Hall–Kier alpha value is -0.610. The molecule has 0 saturated heterocycles. The van der Waals surface area contributed by atoms with E-state index in [1.807, 2.05) is 6.92 Å². The average Bonchev–Trinajstić information content (AvgIpc) is 3.20. The molecule has 4 heteroatoms. The first-order valence-corrected chi connectivity index (χ1v) is 26.3. The second-order valence-electron chi connectivity index (χ2n) is 17.9. The molecule has 0 radical (unpaired) electrons. The normalized spacial score (nSPS) is 11.9. The van der Waals surface area contributed by atoms with E-state index >= 15 is 0 Å². The van der Waals surface area contributed by atoms with Crippen molar-refractivity contribution in [2.75, 3.05) is 32.8 Å². The van der Waals surface area contributed by atoms with Gasteiger partial charge >= 0.3 is 5.97 Å². The Labute approximate surface area is 354 Å². The minimum absolute atomic E-state index is 0.0193. The van der Waals surface area contributed by atoms with Crippen molar-refractivity contribution in [2.45, 2.75) is 298 Å². The van der Waals surface area contributed by atoms with Gasteiger partial charge in [-0.25, -0.2) is 4.79 Å². The Morgan fingerprint density at radius 2 is 0.482 bits per heavy atom. The van der Waals surface area contributed by atoms with Crippen LogP contribution in [0.2, 0.25) is 0 Å².